The van der Waals surface area contributed by atoms with Crippen molar-refractivity contribution in [1.29, 1.82) is 0 Å². The number of aromatic nitrogens is 2. The van der Waals surface area contributed by atoms with Gasteiger partial charge in [-0.15, -0.1) is 0 Å². The van der Waals surface area contributed by atoms with Crippen LogP contribution < -0.4 is 11.5 Å². The van der Waals surface area contributed by atoms with Crippen molar-refractivity contribution in [2.45, 2.75) is 37.9 Å². The predicted molar refractivity (Wildman–Crippen MR) is 97.3 cm³/mol. The summed E-state index contributed by atoms with van der Waals surface area (Å²) in [6, 6.07) is 5.13. The van der Waals surface area contributed by atoms with Gasteiger partial charge in [0.15, 0.2) is 0 Å². The summed E-state index contributed by atoms with van der Waals surface area (Å²) < 4.78 is 0. The largest absolute Gasteiger partial charge is 0.480 e. The Hall–Kier alpha value is -3.04. The van der Waals surface area contributed by atoms with Crippen molar-refractivity contribution >= 4 is 17.8 Å². The van der Waals surface area contributed by atoms with Crippen LogP contribution in [0, 0.1) is 0 Å². The van der Waals surface area contributed by atoms with Crippen molar-refractivity contribution < 1.29 is 19.5 Å². The molecule has 1 aromatic carbocycles. The lowest BCUT2D eigenvalue weighted by Crippen LogP contribution is -2.58. The Morgan fingerprint density at radius 1 is 1.15 bits per heavy atom. The van der Waals surface area contributed by atoms with Gasteiger partial charge >= 0.3 is 5.97 Å². The molecule has 0 saturated carbocycles. The van der Waals surface area contributed by atoms with Gasteiger partial charge in [-0.2, -0.15) is 0 Å². The first-order valence-corrected chi connectivity index (χ1v) is 8.43. The number of aromatic amines is 1. The molecule has 0 radical (unpaired) electrons. The minimum absolute atomic E-state index is 0.0461. The number of hydrogen-bond acceptors (Lipinski definition) is 6. The van der Waals surface area contributed by atoms with E-state index in [9.17, 15) is 19.5 Å². The molecule has 0 bridgehead atoms. The van der Waals surface area contributed by atoms with E-state index in [1.807, 2.05) is 0 Å². The molecule has 9 heteroatoms. The lowest BCUT2D eigenvalue weighted by molar-refractivity contribution is -0.159. The molecule has 2 amide bonds. The zero-order valence-electron chi connectivity index (χ0n) is 14.9. The van der Waals surface area contributed by atoms with Gasteiger partial charge < -0.3 is 21.6 Å². The number of rotatable bonds is 8. The lowest BCUT2D eigenvalue weighted by Gasteiger charge is -2.30. The molecule has 9 nitrogen and oxygen atoms in total. The highest BCUT2D eigenvalue weighted by Gasteiger charge is 2.38. The Bertz CT molecular complexity index is 776. The van der Waals surface area contributed by atoms with Crippen LogP contribution >= 0.6 is 0 Å². The highest BCUT2D eigenvalue weighted by atomic mass is 16.4. The molecule has 0 spiro atoms. The van der Waals surface area contributed by atoms with Crippen LogP contribution in [0.25, 0.3) is 0 Å². The van der Waals surface area contributed by atoms with E-state index in [0.717, 1.165) is 0 Å². The summed E-state index contributed by atoms with van der Waals surface area (Å²) >= 11 is 0. The molecule has 0 saturated heterocycles. The highest BCUT2D eigenvalue weighted by Crippen LogP contribution is 2.14. The van der Waals surface area contributed by atoms with E-state index in [1.165, 1.54) is 13.3 Å². The summed E-state index contributed by atoms with van der Waals surface area (Å²) in [6.45, 7) is 1.39. The van der Waals surface area contributed by atoms with Crippen LogP contribution in [0.1, 0.15) is 18.2 Å². The maximum absolute atomic E-state index is 12.9. The van der Waals surface area contributed by atoms with Gasteiger partial charge in [0.2, 0.25) is 11.8 Å². The zero-order valence-corrected chi connectivity index (χ0v) is 14.9. The van der Waals surface area contributed by atoms with Crippen LogP contribution in [-0.2, 0) is 27.2 Å². The van der Waals surface area contributed by atoms with Gasteiger partial charge in [-0.25, -0.2) is 9.78 Å². The van der Waals surface area contributed by atoms with Gasteiger partial charge in [0.1, 0.15) is 6.04 Å². The standard InChI is InChI=1S/C18H23N5O4/c1-11(19)16(24)23(17(25)14(20)8-13-9-21-10-22-13)15(18(26)27)7-12-5-3-2-4-6-12/h2-6,9-11,14-15H,7-8,19-20H2,1H3,(H,21,22)(H,26,27). The molecule has 0 aliphatic carbocycles. The molecule has 27 heavy (non-hydrogen) atoms. The molecular weight excluding hydrogens is 350 g/mol. The number of nitrogens with zero attached hydrogens (tertiary/aromatic N) is 2. The van der Waals surface area contributed by atoms with Crippen molar-refractivity contribution in [3.05, 3.63) is 54.1 Å². The first-order valence-electron chi connectivity index (χ1n) is 8.43. The van der Waals surface area contributed by atoms with Crippen LogP contribution in [-0.4, -0.2) is 55.9 Å². The fraction of sp³-hybridized carbons (Fsp3) is 0.333. The molecule has 1 heterocycles. The smallest absolute Gasteiger partial charge is 0.327 e. The van der Waals surface area contributed by atoms with Gasteiger partial charge in [0.05, 0.1) is 24.1 Å². The highest BCUT2D eigenvalue weighted by molar-refractivity contribution is 6.03. The Morgan fingerprint density at radius 2 is 1.81 bits per heavy atom. The maximum atomic E-state index is 12.9. The van der Waals surface area contributed by atoms with Crippen LogP contribution in [0.2, 0.25) is 0 Å². The summed E-state index contributed by atoms with van der Waals surface area (Å²) in [5.74, 6) is -2.90. The molecule has 2 rings (SSSR count). The second-order valence-electron chi connectivity index (χ2n) is 6.25. The predicted octanol–water partition coefficient (Wildman–Crippen LogP) is -0.322. The average Bonchev–Trinajstić information content (AvgIpc) is 3.14. The molecule has 1 aromatic heterocycles. The summed E-state index contributed by atoms with van der Waals surface area (Å²) in [5, 5.41) is 9.68. The van der Waals surface area contributed by atoms with E-state index in [0.29, 0.717) is 16.2 Å². The number of nitrogens with two attached hydrogens (primary N) is 2. The van der Waals surface area contributed by atoms with Crippen LogP contribution in [0.4, 0.5) is 0 Å². The number of H-pyrrole nitrogens is 1. The molecule has 3 atom stereocenters. The number of carbonyl (C=O) groups excluding carboxylic acids is 2. The number of carbonyl (C=O) groups is 3. The Morgan fingerprint density at radius 3 is 2.33 bits per heavy atom. The van der Waals surface area contributed by atoms with Crippen molar-refractivity contribution in [1.82, 2.24) is 14.9 Å². The summed E-state index contributed by atoms with van der Waals surface area (Å²) in [5.41, 5.74) is 12.8. The van der Waals surface area contributed by atoms with Gasteiger partial charge in [0.25, 0.3) is 0 Å². The van der Waals surface area contributed by atoms with Gasteiger partial charge in [-0.1, -0.05) is 30.3 Å². The van der Waals surface area contributed by atoms with E-state index in [-0.39, 0.29) is 12.8 Å². The number of imide groups is 1. The van der Waals surface area contributed by atoms with Crippen LogP contribution in [0.3, 0.4) is 0 Å². The van der Waals surface area contributed by atoms with Gasteiger partial charge in [-0.05, 0) is 12.5 Å². The van der Waals surface area contributed by atoms with Crippen LogP contribution in [0.15, 0.2) is 42.9 Å². The van der Waals surface area contributed by atoms with Crippen LogP contribution in [0.5, 0.6) is 0 Å². The topological polar surface area (TPSA) is 155 Å². The SMILES string of the molecule is CC(N)C(=O)N(C(=O)C(N)Cc1c[nH]cn1)C(Cc1ccccc1)C(=O)O. The fourth-order valence-electron chi connectivity index (χ4n) is 2.66. The number of aliphatic carboxylic acids is 1. The maximum Gasteiger partial charge on any atom is 0.327 e. The quantitative estimate of drug-likeness (QED) is 0.494. The molecule has 0 aliphatic heterocycles. The van der Waals surface area contributed by atoms with E-state index in [4.69, 9.17) is 11.5 Å². The molecule has 2 aromatic rings. The number of benzene rings is 1. The Labute approximate surface area is 156 Å². The minimum atomic E-state index is -1.41. The first kappa shape index (κ1) is 20.3. The number of carboxylic acids is 1. The van der Waals surface area contributed by atoms with E-state index >= 15 is 0 Å². The monoisotopic (exact) mass is 373 g/mol. The third-order valence-corrected chi connectivity index (χ3v) is 4.03. The number of hydrogen-bond donors (Lipinski definition) is 4. The number of amides is 2. The lowest BCUT2D eigenvalue weighted by atomic mass is 10.0. The Balaban J connectivity index is 2.31. The number of imidazole rings is 1. The van der Waals surface area contributed by atoms with Crippen molar-refractivity contribution in [2.75, 3.05) is 0 Å². The van der Waals surface area contributed by atoms with Crippen molar-refractivity contribution in [3.63, 3.8) is 0 Å². The van der Waals surface area contributed by atoms with Crippen molar-refractivity contribution in [3.8, 4) is 0 Å². The van der Waals surface area contributed by atoms with Gasteiger partial charge in [0, 0.05) is 19.0 Å². The Kier molecular flexibility index (Phi) is 6.80. The molecule has 3 unspecified atom stereocenters. The summed E-state index contributed by atoms with van der Waals surface area (Å²) in [4.78, 5) is 44.7. The summed E-state index contributed by atoms with van der Waals surface area (Å²) in [7, 11) is 0. The van der Waals surface area contributed by atoms with E-state index < -0.39 is 35.9 Å². The second-order valence-corrected chi connectivity index (χ2v) is 6.25. The molecule has 0 aliphatic rings. The second kappa shape index (κ2) is 9.06. The fourth-order valence-corrected chi connectivity index (χ4v) is 2.66. The zero-order chi connectivity index (χ0) is 20.0. The molecule has 0 fully saturated rings. The van der Waals surface area contributed by atoms with E-state index in [2.05, 4.69) is 9.97 Å². The molecule has 6 N–H and O–H groups in total. The first-order chi connectivity index (χ1) is 12.8. The van der Waals surface area contributed by atoms with E-state index in [1.54, 1.807) is 36.5 Å². The number of nitrogens with one attached hydrogen (secondary N) is 1. The third kappa shape index (κ3) is 5.22. The minimum Gasteiger partial charge on any atom is -0.480 e. The molecule has 144 valence electrons. The number of carboxylic acid groups (broad SMARTS) is 1. The summed E-state index contributed by atoms with van der Waals surface area (Å²) in [6.07, 6.45) is 3.02. The molecular formula is C18H23N5O4. The van der Waals surface area contributed by atoms with Crippen molar-refractivity contribution in [2.24, 2.45) is 11.5 Å². The van der Waals surface area contributed by atoms with Gasteiger partial charge in [-0.3, -0.25) is 14.5 Å². The normalized spacial score (nSPS) is 14.2. The average molecular weight is 373 g/mol. The third-order valence-electron chi connectivity index (χ3n) is 4.03.